The van der Waals surface area contributed by atoms with Gasteiger partial charge in [0, 0.05) is 75.8 Å². The highest BCUT2D eigenvalue weighted by Gasteiger charge is 2.50. The number of hydrogen-bond donors (Lipinski definition) is 0. The van der Waals surface area contributed by atoms with Gasteiger partial charge in [-0.25, -0.2) is 0 Å². The predicted octanol–water partition coefficient (Wildman–Crippen LogP) is 14.8. The van der Waals surface area contributed by atoms with Crippen LogP contribution >= 0.6 is 11.3 Å². The Labute approximate surface area is 376 Å². The molecule has 8 aromatic carbocycles. The Kier molecular flexibility index (Phi) is 6.70. The maximum atomic E-state index is 6.80. The molecule has 5 heteroatoms. The van der Waals surface area contributed by atoms with Gasteiger partial charge < -0.3 is 13.8 Å². The maximum Gasteiger partial charge on any atom is 0.333 e. The zero-order valence-corrected chi connectivity index (χ0v) is 37.6. The zero-order valence-electron chi connectivity index (χ0n) is 36.8. The molecule has 2 aliphatic heterocycles. The van der Waals surface area contributed by atoms with Crippen LogP contribution < -0.4 is 15.7 Å². The van der Waals surface area contributed by atoms with Crippen LogP contribution in [0, 0.1) is 0 Å². The van der Waals surface area contributed by atoms with E-state index in [4.69, 9.17) is 4.42 Å². The minimum Gasteiger partial charge on any atom is -0.456 e. The van der Waals surface area contributed by atoms with Crippen molar-refractivity contribution in [2.75, 3.05) is 4.81 Å². The molecule has 5 heterocycles. The number of para-hydroxylation sites is 1. The summed E-state index contributed by atoms with van der Waals surface area (Å²) >= 11 is 1.92. The molecular formula is C59H45BN2OS. The van der Waals surface area contributed by atoms with Crippen LogP contribution in [0.1, 0.15) is 75.3 Å². The summed E-state index contributed by atoms with van der Waals surface area (Å²) in [5, 5.41) is 7.82. The van der Waals surface area contributed by atoms with Gasteiger partial charge >= 0.3 is 6.85 Å². The van der Waals surface area contributed by atoms with E-state index in [1.54, 1.807) is 0 Å². The van der Waals surface area contributed by atoms with E-state index in [2.05, 4.69) is 177 Å². The fourth-order valence-electron chi connectivity index (χ4n) is 12.9. The molecule has 0 fully saturated rings. The second-order valence-corrected chi connectivity index (χ2v) is 21.7. The lowest BCUT2D eigenvalue weighted by Gasteiger charge is -2.43. The Morgan fingerprint density at radius 2 is 1.38 bits per heavy atom. The van der Waals surface area contributed by atoms with E-state index in [0.717, 1.165) is 29.4 Å². The van der Waals surface area contributed by atoms with Crippen molar-refractivity contribution >= 4 is 104 Å². The standard InChI is InChI=1S/C59H45BN2OS/c1-58(2,3)34-22-24-35(25-23-34)62-46-31-51-40(37-17-10-13-21-50(37)64-51)28-42(46)53-52-38-18-8-11-19-43(38)59(4,5)55(52)54-41-26-32-14-6-7-15-33(32)27-45(41)61-47-30-49-39(36-16-9-12-20-48(36)63-49)29-44(47)60(62)56(53)57(54)61/h8-13,16-31H,6-7,14-15H2,1-5H3. The summed E-state index contributed by atoms with van der Waals surface area (Å²) in [7, 11) is 0. The number of rotatable bonds is 1. The van der Waals surface area contributed by atoms with Gasteiger partial charge in [-0.05, 0) is 135 Å². The molecule has 2 aliphatic carbocycles. The smallest absolute Gasteiger partial charge is 0.333 e. The number of nitrogens with zero attached hydrogens (tertiary/aromatic N) is 2. The van der Waals surface area contributed by atoms with Crippen LogP contribution in [-0.4, -0.2) is 11.4 Å². The Morgan fingerprint density at radius 1 is 0.625 bits per heavy atom. The van der Waals surface area contributed by atoms with E-state index in [1.165, 1.54) is 138 Å². The van der Waals surface area contributed by atoms with E-state index in [1.807, 2.05) is 11.3 Å². The monoisotopic (exact) mass is 840 g/mol. The first-order valence-electron chi connectivity index (χ1n) is 23.2. The minimum absolute atomic E-state index is 0.0343. The van der Waals surface area contributed by atoms with Gasteiger partial charge in [0.2, 0.25) is 0 Å². The minimum atomic E-state index is -0.228. The van der Waals surface area contributed by atoms with E-state index in [0.29, 0.717) is 0 Å². The van der Waals surface area contributed by atoms with Crippen molar-refractivity contribution in [2.45, 2.75) is 71.1 Å². The van der Waals surface area contributed by atoms with Crippen molar-refractivity contribution in [3.63, 3.8) is 0 Å². The number of anilines is 2. The lowest BCUT2D eigenvalue weighted by Crippen LogP contribution is -2.60. The molecule has 0 N–H and O–H groups in total. The molecule has 306 valence electrons. The molecule has 0 amide bonds. The number of furan rings is 1. The van der Waals surface area contributed by atoms with Crippen LogP contribution in [-0.2, 0) is 23.7 Å². The highest BCUT2D eigenvalue weighted by molar-refractivity contribution is 7.25. The van der Waals surface area contributed by atoms with Gasteiger partial charge in [-0.3, -0.25) is 0 Å². The molecule has 64 heavy (non-hydrogen) atoms. The number of aryl methyl sites for hydroxylation is 2. The van der Waals surface area contributed by atoms with Gasteiger partial charge in [-0.15, -0.1) is 11.3 Å². The number of thiophene rings is 1. The average molecular weight is 841 g/mol. The van der Waals surface area contributed by atoms with E-state index in [9.17, 15) is 0 Å². The Balaban J connectivity index is 1.20. The molecule has 0 saturated carbocycles. The Hall–Kier alpha value is -6.56. The van der Waals surface area contributed by atoms with Crippen molar-refractivity contribution in [3.05, 3.63) is 161 Å². The molecule has 0 radical (unpaired) electrons. The SMILES string of the molecule is CC(C)(C)c1ccc(N2B3c4cc5c(cc4-n4c6cc7c(cc6c6c8c(c(c3c64)-c3cc4c(cc32)sc2ccccc24)-c2ccccc2C8(C)C)CCCC7)oc2ccccc25)cc1. The van der Waals surface area contributed by atoms with Gasteiger partial charge in [-0.1, -0.05) is 113 Å². The van der Waals surface area contributed by atoms with E-state index < -0.39 is 0 Å². The highest BCUT2D eigenvalue weighted by Crippen LogP contribution is 2.60. The third-order valence-corrected chi connectivity index (χ3v) is 17.0. The summed E-state index contributed by atoms with van der Waals surface area (Å²) in [5.41, 5.74) is 23.6. The van der Waals surface area contributed by atoms with Gasteiger partial charge in [0.25, 0.3) is 0 Å². The van der Waals surface area contributed by atoms with Crippen LogP contribution in [0.3, 0.4) is 0 Å². The molecule has 0 atom stereocenters. The topological polar surface area (TPSA) is 21.3 Å². The molecule has 0 unspecified atom stereocenters. The number of benzene rings is 8. The number of hydrogen-bond acceptors (Lipinski definition) is 3. The van der Waals surface area contributed by atoms with Crippen LogP contribution in [0.15, 0.2) is 138 Å². The largest absolute Gasteiger partial charge is 0.456 e. The third-order valence-electron chi connectivity index (χ3n) is 15.8. The molecule has 4 aliphatic rings. The quantitative estimate of drug-likeness (QED) is 0.154. The molecule has 0 bridgehead atoms. The first-order valence-corrected chi connectivity index (χ1v) is 24.1. The number of aromatic nitrogens is 1. The summed E-state index contributed by atoms with van der Waals surface area (Å²) in [4.78, 5) is 2.73. The van der Waals surface area contributed by atoms with E-state index >= 15 is 0 Å². The second kappa shape index (κ2) is 12.0. The first kappa shape index (κ1) is 35.9. The van der Waals surface area contributed by atoms with Gasteiger partial charge in [0.15, 0.2) is 0 Å². The lowest BCUT2D eigenvalue weighted by molar-refractivity contribution is 0.590. The summed E-state index contributed by atoms with van der Waals surface area (Å²) in [6.45, 7) is 11.8. The first-order chi connectivity index (χ1) is 31.1. The Morgan fingerprint density at radius 3 is 2.20 bits per heavy atom. The van der Waals surface area contributed by atoms with Gasteiger partial charge in [0.1, 0.15) is 11.2 Å². The van der Waals surface area contributed by atoms with Gasteiger partial charge in [0.05, 0.1) is 11.0 Å². The van der Waals surface area contributed by atoms with Crippen LogP contribution in [0.2, 0.25) is 0 Å². The maximum absolute atomic E-state index is 6.80. The average Bonchev–Trinajstić information content (AvgIpc) is 4.02. The molecule has 3 nitrogen and oxygen atoms in total. The second-order valence-electron chi connectivity index (χ2n) is 20.7. The summed E-state index contributed by atoms with van der Waals surface area (Å²) in [6, 6.07) is 51.7. The normalized spacial score (nSPS) is 15.7. The van der Waals surface area contributed by atoms with Gasteiger partial charge in [-0.2, -0.15) is 0 Å². The molecule has 3 aromatic heterocycles. The van der Waals surface area contributed by atoms with Crippen LogP contribution in [0.5, 0.6) is 0 Å². The predicted molar refractivity (Wildman–Crippen MR) is 273 cm³/mol. The van der Waals surface area contributed by atoms with Crippen molar-refractivity contribution < 1.29 is 4.42 Å². The Bertz CT molecular complexity index is 3930. The summed E-state index contributed by atoms with van der Waals surface area (Å²) < 4.78 is 12.2. The highest BCUT2D eigenvalue weighted by atomic mass is 32.1. The fraction of sp³-hybridized carbons (Fsp3) is 0.186. The molecule has 11 aromatic rings. The van der Waals surface area contributed by atoms with Crippen LogP contribution in [0.4, 0.5) is 11.4 Å². The van der Waals surface area contributed by atoms with Crippen molar-refractivity contribution in [2.24, 2.45) is 0 Å². The molecule has 0 saturated heterocycles. The van der Waals surface area contributed by atoms with Crippen LogP contribution in [0.25, 0.3) is 91.9 Å². The fourth-order valence-corrected chi connectivity index (χ4v) is 14.0. The van der Waals surface area contributed by atoms with Crippen molar-refractivity contribution in [1.82, 2.24) is 4.57 Å². The zero-order chi connectivity index (χ0) is 42.5. The van der Waals surface area contributed by atoms with Crippen molar-refractivity contribution in [3.8, 4) is 27.9 Å². The third kappa shape index (κ3) is 4.39. The summed E-state index contributed by atoms with van der Waals surface area (Å²) in [6.07, 6.45) is 4.77. The molecule has 15 rings (SSSR count). The summed E-state index contributed by atoms with van der Waals surface area (Å²) in [5.74, 6) is 0. The number of fused-ring (bicyclic) bond motifs is 20. The van der Waals surface area contributed by atoms with Crippen molar-refractivity contribution in [1.29, 1.82) is 0 Å². The lowest BCUT2D eigenvalue weighted by atomic mass is 9.43. The van der Waals surface area contributed by atoms with E-state index in [-0.39, 0.29) is 17.7 Å². The molecule has 0 spiro atoms. The molecular weight excluding hydrogens is 796 g/mol.